The molecule has 0 fully saturated rings. The zero-order valence-corrected chi connectivity index (χ0v) is 10.2. The average Bonchev–Trinajstić information content (AvgIpc) is 2.25. The lowest BCUT2D eigenvalue weighted by Gasteiger charge is -2.18. The molecule has 2 rings (SSSR count). The van der Waals surface area contributed by atoms with Gasteiger partial charge in [-0.2, -0.15) is 0 Å². The molecule has 1 aliphatic carbocycles. The van der Waals surface area contributed by atoms with Gasteiger partial charge in [-0.25, -0.2) is 0 Å². The second-order valence-corrected chi connectivity index (χ2v) is 4.47. The van der Waals surface area contributed by atoms with E-state index in [1.54, 1.807) is 0 Å². The van der Waals surface area contributed by atoms with Gasteiger partial charge >= 0.3 is 0 Å². The van der Waals surface area contributed by atoms with Gasteiger partial charge in [-0.15, -0.1) is 0 Å². The van der Waals surface area contributed by atoms with E-state index in [0.717, 1.165) is 12.2 Å². The second-order valence-electron chi connectivity index (χ2n) is 4.47. The molecule has 1 aromatic carbocycles. The Kier molecular flexibility index (Phi) is 3.14. The van der Waals surface area contributed by atoms with E-state index in [-0.39, 0.29) is 6.10 Å². The van der Waals surface area contributed by atoms with E-state index < -0.39 is 0 Å². The van der Waals surface area contributed by atoms with E-state index >= 15 is 0 Å². The van der Waals surface area contributed by atoms with Crippen LogP contribution in [0, 0.1) is 13.8 Å². The van der Waals surface area contributed by atoms with Crippen LogP contribution in [0.1, 0.15) is 24.5 Å². The highest BCUT2D eigenvalue weighted by Crippen LogP contribution is 2.22. The van der Waals surface area contributed by atoms with Gasteiger partial charge < -0.3 is 4.74 Å². The number of rotatable bonds is 2. The van der Waals surface area contributed by atoms with Crippen molar-refractivity contribution in [1.29, 1.82) is 0 Å². The Hall–Kier alpha value is -1.50. The van der Waals surface area contributed by atoms with E-state index in [0.29, 0.717) is 0 Å². The molecular weight excluding hydrogens is 196 g/mol. The zero-order chi connectivity index (χ0) is 11.5. The van der Waals surface area contributed by atoms with Crippen molar-refractivity contribution < 1.29 is 4.74 Å². The highest BCUT2D eigenvalue weighted by atomic mass is 16.5. The summed E-state index contributed by atoms with van der Waals surface area (Å²) in [6.07, 6.45) is 7.63. The van der Waals surface area contributed by atoms with Crippen LogP contribution in [0.3, 0.4) is 0 Å². The van der Waals surface area contributed by atoms with Gasteiger partial charge in [0.2, 0.25) is 0 Å². The Balaban J connectivity index is 2.08. The maximum Gasteiger partial charge on any atom is 0.123 e. The fraction of sp³-hybridized carbons (Fsp3) is 0.333. The molecule has 0 aliphatic heterocycles. The quantitative estimate of drug-likeness (QED) is 0.724. The lowest BCUT2D eigenvalue weighted by atomic mass is 10.1. The van der Waals surface area contributed by atoms with E-state index in [1.165, 1.54) is 16.7 Å². The number of ether oxygens (including phenoxy) is 1. The first-order chi connectivity index (χ1) is 7.65. The SMILES string of the molecule is CC1=CCC(Oc2ccc(C)cc2C)C=C1. The average molecular weight is 214 g/mol. The normalized spacial score (nSPS) is 19.4. The van der Waals surface area contributed by atoms with Crippen LogP contribution < -0.4 is 4.74 Å². The molecule has 0 amide bonds. The number of hydrogen-bond acceptors (Lipinski definition) is 1. The third-order valence-electron chi connectivity index (χ3n) is 2.85. The third kappa shape index (κ3) is 2.54. The van der Waals surface area contributed by atoms with Crippen LogP contribution in [-0.4, -0.2) is 6.10 Å². The topological polar surface area (TPSA) is 9.23 Å². The summed E-state index contributed by atoms with van der Waals surface area (Å²) in [4.78, 5) is 0. The minimum absolute atomic E-state index is 0.185. The molecule has 0 radical (unpaired) electrons. The molecule has 1 atom stereocenters. The molecule has 1 aromatic rings. The lowest BCUT2D eigenvalue weighted by molar-refractivity contribution is 0.249. The summed E-state index contributed by atoms with van der Waals surface area (Å²) in [6, 6.07) is 6.31. The number of benzene rings is 1. The van der Waals surface area contributed by atoms with E-state index in [9.17, 15) is 0 Å². The van der Waals surface area contributed by atoms with Crippen LogP contribution in [0.5, 0.6) is 5.75 Å². The van der Waals surface area contributed by atoms with Gasteiger partial charge in [-0.1, -0.05) is 35.4 Å². The van der Waals surface area contributed by atoms with Gasteiger partial charge in [0.05, 0.1) is 0 Å². The van der Waals surface area contributed by atoms with Crippen LogP contribution >= 0.6 is 0 Å². The minimum atomic E-state index is 0.185. The minimum Gasteiger partial charge on any atom is -0.486 e. The van der Waals surface area contributed by atoms with Crippen molar-refractivity contribution in [3.05, 3.63) is 53.1 Å². The van der Waals surface area contributed by atoms with Crippen LogP contribution in [0.25, 0.3) is 0 Å². The van der Waals surface area contributed by atoms with Gasteiger partial charge in [0.25, 0.3) is 0 Å². The fourth-order valence-corrected chi connectivity index (χ4v) is 1.89. The molecule has 1 aliphatic rings. The second kappa shape index (κ2) is 4.56. The molecule has 0 aromatic heterocycles. The summed E-state index contributed by atoms with van der Waals surface area (Å²) in [5, 5.41) is 0. The molecule has 0 bridgehead atoms. The Bertz CT molecular complexity index is 441. The Morgan fingerprint density at radius 2 is 2.00 bits per heavy atom. The fourth-order valence-electron chi connectivity index (χ4n) is 1.89. The number of aryl methyl sites for hydroxylation is 2. The predicted octanol–water partition coefficient (Wildman–Crippen LogP) is 3.96. The van der Waals surface area contributed by atoms with Crippen LogP contribution in [0.2, 0.25) is 0 Å². The zero-order valence-electron chi connectivity index (χ0n) is 10.2. The molecule has 16 heavy (non-hydrogen) atoms. The summed E-state index contributed by atoms with van der Waals surface area (Å²) in [5.41, 5.74) is 3.81. The monoisotopic (exact) mass is 214 g/mol. The summed E-state index contributed by atoms with van der Waals surface area (Å²) in [5.74, 6) is 0.994. The predicted molar refractivity (Wildman–Crippen MR) is 67.8 cm³/mol. The van der Waals surface area contributed by atoms with Crippen LogP contribution in [-0.2, 0) is 0 Å². The summed E-state index contributed by atoms with van der Waals surface area (Å²) in [7, 11) is 0. The van der Waals surface area contributed by atoms with Gasteiger partial charge in [-0.05, 0) is 38.5 Å². The van der Waals surface area contributed by atoms with Crippen molar-refractivity contribution in [2.75, 3.05) is 0 Å². The first kappa shape index (κ1) is 11.0. The van der Waals surface area contributed by atoms with E-state index in [2.05, 4.69) is 57.2 Å². The molecule has 0 spiro atoms. The van der Waals surface area contributed by atoms with Crippen molar-refractivity contribution in [3.63, 3.8) is 0 Å². The van der Waals surface area contributed by atoms with Crippen LogP contribution in [0.4, 0.5) is 0 Å². The first-order valence-electron chi connectivity index (χ1n) is 5.74. The number of hydrogen-bond donors (Lipinski definition) is 0. The van der Waals surface area contributed by atoms with Gasteiger partial charge in [0, 0.05) is 6.42 Å². The van der Waals surface area contributed by atoms with Crippen molar-refractivity contribution in [2.24, 2.45) is 0 Å². The standard InChI is InChI=1S/C15H18O/c1-11-4-7-14(8-5-11)16-15-9-6-12(2)10-13(15)3/h4-7,9-10,14H,8H2,1-3H3. The maximum absolute atomic E-state index is 5.96. The molecule has 84 valence electrons. The Labute approximate surface area is 97.4 Å². The van der Waals surface area contributed by atoms with Crippen molar-refractivity contribution >= 4 is 0 Å². The number of allylic oxidation sites excluding steroid dienone is 2. The summed E-state index contributed by atoms with van der Waals surface area (Å²) in [6.45, 7) is 6.31. The third-order valence-corrected chi connectivity index (χ3v) is 2.85. The van der Waals surface area contributed by atoms with Crippen molar-refractivity contribution in [1.82, 2.24) is 0 Å². The molecule has 1 nitrogen and oxygen atoms in total. The maximum atomic E-state index is 5.96. The molecule has 0 saturated heterocycles. The van der Waals surface area contributed by atoms with Gasteiger partial charge in [0.1, 0.15) is 11.9 Å². The van der Waals surface area contributed by atoms with E-state index in [1.807, 2.05) is 0 Å². The highest BCUT2D eigenvalue weighted by molar-refractivity contribution is 5.36. The molecular formula is C15H18O. The summed E-state index contributed by atoms with van der Waals surface area (Å²) < 4.78 is 5.96. The van der Waals surface area contributed by atoms with Crippen LogP contribution in [0.15, 0.2) is 42.0 Å². The van der Waals surface area contributed by atoms with Crippen molar-refractivity contribution in [3.8, 4) is 5.75 Å². The smallest absolute Gasteiger partial charge is 0.123 e. The first-order valence-corrected chi connectivity index (χ1v) is 5.74. The Morgan fingerprint density at radius 1 is 1.19 bits per heavy atom. The molecule has 0 heterocycles. The van der Waals surface area contributed by atoms with Crippen molar-refractivity contribution in [2.45, 2.75) is 33.3 Å². The highest BCUT2D eigenvalue weighted by Gasteiger charge is 2.10. The van der Waals surface area contributed by atoms with E-state index in [4.69, 9.17) is 4.74 Å². The Morgan fingerprint density at radius 3 is 2.62 bits per heavy atom. The molecule has 0 N–H and O–H groups in total. The largest absolute Gasteiger partial charge is 0.486 e. The van der Waals surface area contributed by atoms with Gasteiger partial charge in [0.15, 0.2) is 0 Å². The summed E-state index contributed by atoms with van der Waals surface area (Å²) >= 11 is 0. The molecule has 0 saturated carbocycles. The molecule has 1 unspecified atom stereocenters. The van der Waals surface area contributed by atoms with Gasteiger partial charge in [-0.3, -0.25) is 0 Å². The molecule has 1 heteroatoms. The lowest BCUT2D eigenvalue weighted by Crippen LogP contribution is -2.15.